The number of anilines is 2. The summed E-state index contributed by atoms with van der Waals surface area (Å²) in [6.07, 6.45) is 2.85. The molecule has 0 spiro atoms. The third kappa shape index (κ3) is 6.20. The van der Waals surface area contributed by atoms with Crippen LogP contribution in [0.25, 0.3) is 0 Å². The maximum absolute atomic E-state index is 12.7. The van der Waals surface area contributed by atoms with Crippen LogP contribution in [0.5, 0.6) is 0 Å². The summed E-state index contributed by atoms with van der Waals surface area (Å²) in [4.78, 5) is 30.7. The van der Waals surface area contributed by atoms with Crippen LogP contribution in [0.1, 0.15) is 18.9 Å². The van der Waals surface area contributed by atoms with Crippen molar-refractivity contribution < 1.29 is 14.3 Å². The molecule has 1 aliphatic rings. The van der Waals surface area contributed by atoms with Gasteiger partial charge >= 0.3 is 6.03 Å². The fourth-order valence-electron chi connectivity index (χ4n) is 2.96. The van der Waals surface area contributed by atoms with Crippen LogP contribution >= 0.6 is 11.8 Å². The second-order valence-electron chi connectivity index (χ2n) is 6.53. The van der Waals surface area contributed by atoms with Crippen LogP contribution in [0.3, 0.4) is 0 Å². The zero-order valence-electron chi connectivity index (χ0n) is 16.5. The zero-order chi connectivity index (χ0) is 20.5. The highest BCUT2D eigenvalue weighted by molar-refractivity contribution is 7.99. The topological polar surface area (TPSA) is 83.6 Å². The number of benzene rings is 1. The molecule has 0 saturated carbocycles. The number of carbonyl (C=O) groups is 2. The quantitative estimate of drug-likeness (QED) is 0.648. The fraction of sp³-hybridized carbons (Fsp3) is 0.381. The lowest BCUT2D eigenvalue weighted by molar-refractivity contribution is -0.120. The molecule has 0 bridgehead atoms. The van der Waals surface area contributed by atoms with E-state index in [1.807, 2.05) is 43.3 Å². The standard InChI is InChI=1S/C21H26N4O3S/c1-2-28-13-4-11-22-19(26)15-16-6-8-17(9-7-16)24-21(27)25-12-14-29-20-18(25)5-3-10-23-20/h3,5-10H,2,4,11-15H2,1H3,(H,22,26)(H,24,27). The van der Waals surface area contributed by atoms with Crippen molar-refractivity contribution in [3.05, 3.63) is 48.2 Å². The van der Waals surface area contributed by atoms with Gasteiger partial charge < -0.3 is 15.4 Å². The molecule has 0 unspecified atom stereocenters. The van der Waals surface area contributed by atoms with E-state index in [-0.39, 0.29) is 11.9 Å². The summed E-state index contributed by atoms with van der Waals surface area (Å²) in [7, 11) is 0. The molecule has 0 aliphatic carbocycles. The van der Waals surface area contributed by atoms with E-state index in [2.05, 4.69) is 15.6 Å². The number of thioether (sulfide) groups is 1. The molecule has 2 N–H and O–H groups in total. The van der Waals surface area contributed by atoms with E-state index < -0.39 is 0 Å². The molecule has 3 rings (SSSR count). The molecule has 29 heavy (non-hydrogen) atoms. The van der Waals surface area contributed by atoms with E-state index in [1.165, 1.54) is 0 Å². The average molecular weight is 415 g/mol. The van der Waals surface area contributed by atoms with Crippen LogP contribution in [0.15, 0.2) is 47.6 Å². The second kappa shape index (κ2) is 10.8. The number of urea groups is 1. The number of rotatable bonds is 8. The molecule has 2 aromatic rings. The third-order valence-corrected chi connectivity index (χ3v) is 5.38. The molecule has 0 saturated heterocycles. The lowest BCUT2D eigenvalue weighted by atomic mass is 10.1. The highest BCUT2D eigenvalue weighted by Crippen LogP contribution is 2.32. The van der Waals surface area contributed by atoms with Crippen molar-refractivity contribution in [3.8, 4) is 0 Å². The molecule has 154 valence electrons. The predicted octanol–water partition coefficient (Wildman–Crippen LogP) is 3.31. The van der Waals surface area contributed by atoms with E-state index in [0.717, 1.165) is 28.5 Å². The first-order chi connectivity index (χ1) is 14.2. The first kappa shape index (κ1) is 21.1. The summed E-state index contributed by atoms with van der Waals surface area (Å²) in [5.41, 5.74) is 2.42. The molecule has 7 nitrogen and oxygen atoms in total. The van der Waals surface area contributed by atoms with Crippen LogP contribution in [-0.2, 0) is 16.0 Å². The van der Waals surface area contributed by atoms with Gasteiger partial charge in [-0.25, -0.2) is 9.78 Å². The number of nitrogens with zero attached hydrogens (tertiary/aromatic N) is 2. The molecule has 1 aromatic carbocycles. The largest absolute Gasteiger partial charge is 0.382 e. The van der Waals surface area contributed by atoms with Crippen LogP contribution in [0.2, 0.25) is 0 Å². The second-order valence-corrected chi connectivity index (χ2v) is 7.62. The first-order valence-electron chi connectivity index (χ1n) is 9.77. The lowest BCUT2D eigenvalue weighted by Gasteiger charge is -2.28. The summed E-state index contributed by atoms with van der Waals surface area (Å²) < 4.78 is 5.25. The first-order valence-corrected chi connectivity index (χ1v) is 10.8. The number of ether oxygens (including phenoxy) is 1. The molecule has 0 radical (unpaired) electrons. The normalized spacial score (nSPS) is 12.9. The van der Waals surface area contributed by atoms with E-state index >= 15 is 0 Å². The number of fused-ring (bicyclic) bond motifs is 1. The van der Waals surface area contributed by atoms with E-state index in [0.29, 0.717) is 38.4 Å². The van der Waals surface area contributed by atoms with Gasteiger partial charge in [0.2, 0.25) is 5.91 Å². The van der Waals surface area contributed by atoms with Gasteiger partial charge in [0.05, 0.1) is 12.1 Å². The smallest absolute Gasteiger partial charge is 0.326 e. The predicted molar refractivity (Wildman–Crippen MR) is 116 cm³/mol. The molecular formula is C21H26N4O3S. The molecule has 2 heterocycles. The Morgan fingerprint density at radius 2 is 2.07 bits per heavy atom. The van der Waals surface area contributed by atoms with Gasteiger partial charge in [-0.15, -0.1) is 11.8 Å². The number of nitrogens with one attached hydrogen (secondary N) is 2. The summed E-state index contributed by atoms with van der Waals surface area (Å²) in [6, 6.07) is 10.9. The summed E-state index contributed by atoms with van der Waals surface area (Å²) in [6.45, 7) is 4.54. The van der Waals surface area contributed by atoms with Crippen LogP contribution in [-0.4, -0.2) is 49.0 Å². The minimum atomic E-state index is -0.181. The Morgan fingerprint density at radius 1 is 1.24 bits per heavy atom. The monoisotopic (exact) mass is 414 g/mol. The molecule has 1 aromatic heterocycles. The van der Waals surface area contributed by atoms with Gasteiger partial charge in [-0.1, -0.05) is 12.1 Å². The number of pyridine rings is 1. The molecule has 0 atom stereocenters. The minimum Gasteiger partial charge on any atom is -0.382 e. The molecule has 3 amide bonds. The van der Waals surface area contributed by atoms with E-state index in [4.69, 9.17) is 4.74 Å². The molecule has 8 heteroatoms. The van der Waals surface area contributed by atoms with Gasteiger partial charge in [0.15, 0.2) is 0 Å². The third-order valence-electron chi connectivity index (χ3n) is 4.40. The van der Waals surface area contributed by atoms with Crippen LogP contribution < -0.4 is 15.5 Å². The highest BCUT2D eigenvalue weighted by atomic mass is 32.2. The minimum absolute atomic E-state index is 0.0202. The Balaban J connectivity index is 1.49. The van der Waals surface area contributed by atoms with Gasteiger partial charge in [-0.3, -0.25) is 9.69 Å². The van der Waals surface area contributed by atoms with Crippen LogP contribution in [0.4, 0.5) is 16.2 Å². The number of aromatic nitrogens is 1. The Hall–Kier alpha value is -2.58. The van der Waals surface area contributed by atoms with Gasteiger partial charge in [0, 0.05) is 43.9 Å². The Labute approximate surface area is 175 Å². The van der Waals surface area contributed by atoms with E-state index in [1.54, 1.807) is 22.9 Å². The Kier molecular flexibility index (Phi) is 7.89. The van der Waals surface area contributed by atoms with Crippen LogP contribution in [0, 0.1) is 0 Å². The number of amides is 3. The SMILES string of the molecule is CCOCCCNC(=O)Cc1ccc(NC(=O)N2CCSc3ncccc32)cc1. The fourth-order valence-corrected chi connectivity index (χ4v) is 3.88. The van der Waals surface area contributed by atoms with Crippen molar-refractivity contribution in [1.29, 1.82) is 0 Å². The van der Waals surface area contributed by atoms with Crippen molar-refractivity contribution in [1.82, 2.24) is 10.3 Å². The maximum atomic E-state index is 12.7. The average Bonchev–Trinajstić information content (AvgIpc) is 2.74. The number of hydrogen-bond acceptors (Lipinski definition) is 5. The molecular weight excluding hydrogens is 388 g/mol. The molecule has 0 fully saturated rings. The molecule has 1 aliphatic heterocycles. The Morgan fingerprint density at radius 3 is 2.86 bits per heavy atom. The highest BCUT2D eigenvalue weighted by Gasteiger charge is 2.23. The van der Waals surface area contributed by atoms with Crippen molar-refractivity contribution in [2.45, 2.75) is 24.8 Å². The van der Waals surface area contributed by atoms with Crippen molar-refractivity contribution in [3.63, 3.8) is 0 Å². The van der Waals surface area contributed by atoms with Crippen molar-refractivity contribution in [2.24, 2.45) is 0 Å². The summed E-state index contributed by atoms with van der Waals surface area (Å²) >= 11 is 1.66. The summed E-state index contributed by atoms with van der Waals surface area (Å²) in [5.74, 6) is 0.795. The number of hydrogen-bond donors (Lipinski definition) is 2. The summed E-state index contributed by atoms with van der Waals surface area (Å²) in [5, 5.41) is 6.68. The lowest BCUT2D eigenvalue weighted by Crippen LogP contribution is -2.38. The van der Waals surface area contributed by atoms with Crippen molar-refractivity contribution in [2.75, 3.05) is 42.3 Å². The maximum Gasteiger partial charge on any atom is 0.326 e. The van der Waals surface area contributed by atoms with Crippen molar-refractivity contribution >= 4 is 35.1 Å². The Bertz CT molecular complexity index is 829. The van der Waals surface area contributed by atoms with Gasteiger partial charge in [-0.05, 0) is 43.2 Å². The van der Waals surface area contributed by atoms with Gasteiger partial charge in [-0.2, -0.15) is 0 Å². The van der Waals surface area contributed by atoms with Gasteiger partial charge in [0.1, 0.15) is 5.03 Å². The zero-order valence-corrected chi connectivity index (χ0v) is 17.3. The number of carbonyl (C=O) groups excluding carboxylic acids is 2. The van der Waals surface area contributed by atoms with Gasteiger partial charge in [0.25, 0.3) is 0 Å². The van der Waals surface area contributed by atoms with E-state index in [9.17, 15) is 9.59 Å².